The van der Waals surface area contributed by atoms with E-state index in [4.69, 9.17) is 28.0 Å². The Kier molecular flexibility index (Phi) is 5.84. The van der Waals surface area contributed by atoms with Crippen molar-refractivity contribution >= 4 is 39.2 Å². The van der Waals surface area contributed by atoms with Gasteiger partial charge in [0.2, 0.25) is 0 Å². The Hall–Kier alpha value is -1.80. The van der Waals surface area contributed by atoms with Gasteiger partial charge >= 0.3 is 6.03 Å². The van der Waals surface area contributed by atoms with Crippen molar-refractivity contribution in [3.05, 3.63) is 57.0 Å². The molecule has 0 spiro atoms. The number of hydrogen-bond donors (Lipinski definition) is 3. The summed E-state index contributed by atoms with van der Waals surface area (Å²) in [5.74, 6) is 11.6. The Morgan fingerprint density at radius 3 is 2.78 bits per heavy atom. The van der Waals surface area contributed by atoms with Gasteiger partial charge in [-0.2, -0.15) is 0 Å². The number of hydrogen-bond acceptors (Lipinski definition) is 4. The largest absolute Gasteiger partial charge is 0.488 e. The molecule has 0 aliphatic carbocycles. The van der Waals surface area contributed by atoms with Crippen LogP contribution in [0.25, 0.3) is 0 Å². The molecule has 23 heavy (non-hydrogen) atoms. The standard InChI is InChI=1S/C15H16BrClN4O2/c1-9-7-10(16)5-6-14(9)23-8-11-12(17)3-2-4-13(11)21(19)15(22)20-18/h2-7H,8,18-19H2,1H3,(H,20,22). The van der Waals surface area contributed by atoms with Crippen LogP contribution in [0.1, 0.15) is 11.1 Å². The molecule has 8 heteroatoms. The van der Waals surface area contributed by atoms with Crippen LogP contribution < -0.4 is 26.9 Å². The van der Waals surface area contributed by atoms with Gasteiger partial charge in [-0.1, -0.05) is 33.6 Å². The van der Waals surface area contributed by atoms with E-state index in [0.29, 0.717) is 22.0 Å². The fraction of sp³-hybridized carbons (Fsp3) is 0.133. The summed E-state index contributed by atoms with van der Waals surface area (Å²) < 4.78 is 6.78. The molecule has 0 heterocycles. The smallest absolute Gasteiger partial charge is 0.350 e. The Bertz CT molecular complexity index is 727. The van der Waals surface area contributed by atoms with E-state index in [2.05, 4.69) is 15.9 Å². The summed E-state index contributed by atoms with van der Waals surface area (Å²) in [6.45, 7) is 2.09. The van der Waals surface area contributed by atoms with Crippen LogP contribution in [0.3, 0.4) is 0 Å². The van der Waals surface area contributed by atoms with E-state index in [1.807, 2.05) is 30.5 Å². The second-order valence-electron chi connectivity index (χ2n) is 4.76. The average Bonchev–Trinajstić information content (AvgIpc) is 2.53. The summed E-state index contributed by atoms with van der Waals surface area (Å²) in [6.07, 6.45) is 0. The van der Waals surface area contributed by atoms with Gasteiger partial charge in [0.25, 0.3) is 0 Å². The van der Waals surface area contributed by atoms with Gasteiger partial charge in [0, 0.05) is 15.1 Å². The van der Waals surface area contributed by atoms with E-state index in [-0.39, 0.29) is 6.61 Å². The maximum Gasteiger partial charge on any atom is 0.350 e. The summed E-state index contributed by atoms with van der Waals surface area (Å²) >= 11 is 9.62. The third-order valence-electron chi connectivity index (χ3n) is 3.20. The quantitative estimate of drug-likeness (QED) is 0.418. The van der Waals surface area contributed by atoms with Crippen molar-refractivity contribution in [2.75, 3.05) is 5.01 Å². The number of nitrogens with two attached hydrogens (primary N) is 2. The number of rotatable bonds is 4. The number of carbonyl (C=O) groups excluding carboxylic acids is 1. The zero-order valence-corrected chi connectivity index (χ0v) is 14.7. The first-order chi connectivity index (χ1) is 10.9. The fourth-order valence-electron chi connectivity index (χ4n) is 2.02. The number of urea groups is 1. The number of aryl methyl sites for hydroxylation is 1. The Morgan fingerprint density at radius 2 is 2.13 bits per heavy atom. The first-order valence-electron chi connectivity index (χ1n) is 6.65. The number of ether oxygens (including phenoxy) is 1. The van der Waals surface area contributed by atoms with Gasteiger partial charge < -0.3 is 4.74 Å². The zero-order chi connectivity index (χ0) is 17.0. The van der Waals surface area contributed by atoms with E-state index in [1.54, 1.807) is 18.2 Å². The van der Waals surface area contributed by atoms with Crippen LogP contribution in [0.5, 0.6) is 5.75 Å². The van der Waals surface area contributed by atoms with Crippen LogP contribution in [0.2, 0.25) is 5.02 Å². The molecule has 0 fully saturated rings. The summed E-state index contributed by atoms with van der Waals surface area (Å²) in [6, 6.07) is 10.1. The number of benzene rings is 2. The molecule has 0 radical (unpaired) electrons. The fourth-order valence-corrected chi connectivity index (χ4v) is 2.72. The molecule has 5 N–H and O–H groups in total. The first kappa shape index (κ1) is 17.6. The zero-order valence-electron chi connectivity index (χ0n) is 12.3. The first-order valence-corrected chi connectivity index (χ1v) is 7.83. The van der Waals surface area contributed by atoms with Gasteiger partial charge in [-0.15, -0.1) is 0 Å². The van der Waals surface area contributed by atoms with Crippen molar-refractivity contribution in [2.45, 2.75) is 13.5 Å². The lowest BCUT2D eigenvalue weighted by Gasteiger charge is -2.20. The van der Waals surface area contributed by atoms with E-state index < -0.39 is 6.03 Å². The predicted octanol–water partition coefficient (Wildman–Crippen LogP) is 3.25. The Morgan fingerprint density at radius 1 is 1.39 bits per heavy atom. The van der Waals surface area contributed by atoms with Crippen LogP contribution in [0.4, 0.5) is 10.5 Å². The molecule has 0 saturated carbocycles. The average molecular weight is 400 g/mol. The topological polar surface area (TPSA) is 93.6 Å². The highest BCUT2D eigenvalue weighted by Gasteiger charge is 2.17. The van der Waals surface area contributed by atoms with Gasteiger partial charge in [0.15, 0.2) is 0 Å². The number of nitrogens with one attached hydrogen (secondary N) is 1. The van der Waals surface area contributed by atoms with Crippen LogP contribution in [0, 0.1) is 6.92 Å². The molecule has 0 aliphatic rings. The highest BCUT2D eigenvalue weighted by atomic mass is 79.9. The molecule has 0 unspecified atom stereocenters. The minimum absolute atomic E-state index is 0.156. The molecule has 2 aromatic rings. The molecule has 0 atom stereocenters. The number of amides is 2. The van der Waals surface area contributed by atoms with Crippen LogP contribution >= 0.6 is 27.5 Å². The number of nitrogens with zero attached hydrogens (tertiary/aromatic N) is 1. The molecule has 2 amide bonds. The van der Waals surface area contributed by atoms with Crippen molar-refractivity contribution in [3.63, 3.8) is 0 Å². The van der Waals surface area contributed by atoms with E-state index in [9.17, 15) is 4.79 Å². The maximum atomic E-state index is 11.6. The minimum atomic E-state index is -0.659. The molecule has 0 saturated heterocycles. The maximum absolute atomic E-state index is 11.6. The predicted molar refractivity (Wildman–Crippen MR) is 94.0 cm³/mol. The van der Waals surface area contributed by atoms with Crippen molar-refractivity contribution in [2.24, 2.45) is 11.7 Å². The summed E-state index contributed by atoms with van der Waals surface area (Å²) in [5, 5.41) is 1.33. The number of hydrazine groups is 2. The molecule has 2 aromatic carbocycles. The van der Waals surface area contributed by atoms with Gasteiger partial charge in [-0.05, 0) is 42.8 Å². The van der Waals surface area contributed by atoms with E-state index >= 15 is 0 Å². The summed E-state index contributed by atoms with van der Waals surface area (Å²) in [5.41, 5.74) is 3.94. The van der Waals surface area contributed by atoms with Gasteiger partial charge in [-0.3, -0.25) is 5.43 Å². The third kappa shape index (κ3) is 4.14. The lowest BCUT2D eigenvalue weighted by atomic mass is 10.1. The molecule has 6 nitrogen and oxygen atoms in total. The van der Waals surface area contributed by atoms with Gasteiger partial charge in [0.05, 0.1) is 5.69 Å². The summed E-state index contributed by atoms with van der Waals surface area (Å²) in [7, 11) is 0. The van der Waals surface area contributed by atoms with Crippen molar-refractivity contribution < 1.29 is 9.53 Å². The van der Waals surface area contributed by atoms with Crippen LogP contribution in [-0.2, 0) is 6.61 Å². The summed E-state index contributed by atoms with van der Waals surface area (Å²) in [4.78, 5) is 11.6. The molecular weight excluding hydrogens is 384 g/mol. The van der Waals surface area contributed by atoms with Crippen molar-refractivity contribution in [3.8, 4) is 5.75 Å². The molecular formula is C15H16BrClN4O2. The monoisotopic (exact) mass is 398 g/mol. The molecule has 0 bridgehead atoms. The molecule has 122 valence electrons. The lowest BCUT2D eigenvalue weighted by molar-refractivity contribution is 0.246. The number of anilines is 1. The van der Waals surface area contributed by atoms with Crippen LogP contribution in [0.15, 0.2) is 40.9 Å². The SMILES string of the molecule is Cc1cc(Br)ccc1OCc1c(Cl)cccc1N(N)C(=O)NN. The normalized spacial score (nSPS) is 10.3. The van der Waals surface area contributed by atoms with Crippen molar-refractivity contribution in [1.29, 1.82) is 0 Å². The molecule has 0 aromatic heterocycles. The second-order valence-corrected chi connectivity index (χ2v) is 6.08. The molecule has 0 aliphatic heterocycles. The van der Waals surface area contributed by atoms with Crippen LogP contribution in [-0.4, -0.2) is 6.03 Å². The Labute approximate surface area is 147 Å². The highest BCUT2D eigenvalue weighted by Crippen LogP contribution is 2.29. The van der Waals surface area contributed by atoms with Crippen molar-refractivity contribution in [1.82, 2.24) is 5.43 Å². The van der Waals surface area contributed by atoms with Gasteiger partial charge in [0.1, 0.15) is 12.4 Å². The van der Waals surface area contributed by atoms with E-state index in [0.717, 1.165) is 15.0 Å². The number of halogens is 2. The minimum Gasteiger partial charge on any atom is -0.488 e. The number of carbonyl (C=O) groups is 1. The Balaban J connectivity index is 2.27. The second kappa shape index (κ2) is 7.65. The third-order valence-corrected chi connectivity index (χ3v) is 4.05. The van der Waals surface area contributed by atoms with Gasteiger partial charge in [-0.25, -0.2) is 21.5 Å². The molecule has 2 rings (SSSR count). The van der Waals surface area contributed by atoms with E-state index in [1.165, 1.54) is 0 Å². The highest BCUT2D eigenvalue weighted by molar-refractivity contribution is 9.10. The lowest BCUT2D eigenvalue weighted by Crippen LogP contribution is -2.48.